The summed E-state index contributed by atoms with van der Waals surface area (Å²) in [6.07, 6.45) is -2.27. The van der Waals surface area contributed by atoms with Crippen LogP contribution >= 0.6 is 0 Å². The number of carbonyl (C=O) groups is 3. The number of carbonyl (C=O) groups excluding carboxylic acids is 3. The van der Waals surface area contributed by atoms with Gasteiger partial charge in [-0.2, -0.15) is 0 Å². The number of nitrogens with one attached hydrogen (secondary N) is 1. The minimum atomic E-state index is -2.10. The maximum atomic E-state index is 12.5. The van der Waals surface area contributed by atoms with Crippen LogP contribution in [0.1, 0.15) is 36.3 Å². The summed E-state index contributed by atoms with van der Waals surface area (Å²) in [5, 5.41) is 2.39. The fourth-order valence-corrected chi connectivity index (χ4v) is 2.37. The molecule has 102 valence electrons. The Balaban J connectivity index is 2.09. The smallest absolute Gasteiger partial charge is 0.264 e. The van der Waals surface area contributed by atoms with E-state index in [9.17, 15) is 14.4 Å². The van der Waals surface area contributed by atoms with E-state index in [-0.39, 0.29) is 28.9 Å². The van der Waals surface area contributed by atoms with Crippen LogP contribution in [-0.2, 0) is 4.79 Å². The molecule has 0 aromatic heterocycles. The first kappa shape index (κ1) is 10.2. The molecule has 1 fully saturated rings. The van der Waals surface area contributed by atoms with Gasteiger partial charge in [0.05, 0.1) is 11.1 Å². The first-order valence-corrected chi connectivity index (χ1v) is 5.99. The van der Waals surface area contributed by atoms with Gasteiger partial charge in [0.1, 0.15) is 6.04 Å². The zero-order chi connectivity index (χ0) is 16.2. The Morgan fingerprint density at radius 2 is 2.10 bits per heavy atom. The van der Waals surface area contributed by atoms with Crippen LogP contribution in [0.15, 0.2) is 30.5 Å². The summed E-state index contributed by atoms with van der Waals surface area (Å²) in [5.74, 6) is -2.24. The Bertz CT molecular complexity index is 745. The molecule has 1 aromatic carbocycles. The highest BCUT2D eigenvalue weighted by atomic mass is 16.2. The van der Waals surface area contributed by atoms with Crippen molar-refractivity contribution in [3.05, 3.63) is 41.6 Å². The van der Waals surface area contributed by atoms with Gasteiger partial charge in [-0.1, -0.05) is 12.6 Å². The SMILES string of the molecule is [2H]C1([2H])CC(=C)NC(=O)[C@@H]1N1C(=O)c2cccc(N)c2C1=O. The monoisotopic (exact) mass is 273 g/mol. The molecule has 0 radical (unpaired) electrons. The van der Waals surface area contributed by atoms with E-state index in [0.717, 1.165) is 0 Å². The van der Waals surface area contributed by atoms with Crippen molar-refractivity contribution in [1.29, 1.82) is 0 Å². The predicted octanol–water partition coefficient (Wildman–Crippen LogP) is 0.657. The van der Waals surface area contributed by atoms with Crippen molar-refractivity contribution in [3.63, 3.8) is 0 Å². The maximum absolute atomic E-state index is 12.5. The molecule has 3 amide bonds. The molecule has 3 N–H and O–H groups in total. The molecule has 2 aliphatic rings. The Morgan fingerprint density at radius 1 is 1.35 bits per heavy atom. The standard InChI is InChI=1S/C14H13N3O3/c1-7-5-6-10(12(18)16-7)17-13(19)8-3-2-4-9(15)11(8)14(17)20/h2-4,10H,1,5-6,15H2,(H,16,18)/t10-/m1/s1/i6D2. The van der Waals surface area contributed by atoms with E-state index >= 15 is 0 Å². The van der Waals surface area contributed by atoms with Crippen molar-refractivity contribution in [2.45, 2.75) is 18.8 Å². The van der Waals surface area contributed by atoms with E-state index in [0.29, 0.717) is 4.90 Å². The van der Waals surface area contributed by atoms with Crippen molar-refractivity contribution in [1.82, 2.24) is 10.2 Å². The van der Waals surface area contributed by atoms with Gasteiger partial charge in [0.2, 0.25) is 5.91 Å². The number of anilines is 1. The molecule has 1 saturated heterocycles. The highest BCUT2D eigenvalue weighted by molar-refractivity contribution is 6.25. The fraction of sp³-hybridized carbons (Fsp3) is 0.214. The van der Waals surface area contributed by atoms with Crippen LogP contribution in [-0.4, -0.2) is 28.7 Å². The molecular formula is C14H13N3O3. The van der Waals surface area contributed by atoms with E-state index in [2.05, 4.69) is 11.9 Å². The lowest BCUT2D eigenvalue weighted by atomic mass is 10.0. The number of allylic oxidation sites excluding steroid dienone is 1. The summed E-state index contributed by atoms with van der Waals surface area (Å²) in [7, 11) is 0. The third-order valence-electron chi connectivity index (χ3n) is 3.29. The lowest BCUT2D eigenvalue weighted by molar-refractivity contribution is -0.125. The summed E-state index contributed by atoms with van der Waals surface area (Å²) in [6.45, 7) is 3.53. The average Bonchev–Trinajstić information content (AvgIpc) is 2.63. The lowest BCUT2D eigenvalue weighted by Gasteiger charge is -2.29. The van der Waals surface area contributed by atoms with Crippen LogP contribution in [0.3, 0.4) is 0 Å². The van der Waals surface area contributed by atoms with Crippen molar-refractivity contribution >= 4 is 23.4 Å². The summed E-state index contributed by atoms with van der Waals surface area (Å²) in [5.41, 5.74) is 6.16. The van der Waals surface area contributed by atoms with Gasteiger partial charge in [-0.05, 0) is 24.9 Å². The van der Waals surface area contributed by atoms with Crippen LogP contribution in [0.2, 0.25) is 0 Å². The van der Waals surface area contributed by atoms with Gasteiger partial charge in [0.15, 0.2) is 0 Å². The number of benzene rings is 1. The molecule has 0 spiro atoms. The summed E-state index contributed by atoms with van der Waals surface area (Å²) >= 11 is 0. The highest BCUT2D eigenvalue weighted by Gasteiger charge is 2.44. The number of piperidine rings is 1. The molecule has 1 atom stereocenters. The van der Waals surface area contributed by atoms with E-state index in [4.69, 9.17) is 8.48 Å². The van der Waals surface area contributed by atoms with E-state index < -0.39 is 30.1 Å². The molecular weight excluding hydrogens is 258 g/mol. The van der Waals surface area contributed by atoms with Gasteiger partial charge >= 0.3 is 0 Å². The summed E-state index contributed by atoms with van der Waals surface area (Å²) < 4.78 is 16.0. The number of imide groups is 1. The largest absolute Gasteiger partial charge is 0.398 e. The van der Waals surface area contributed by atoms with Gasteiger partial charge in [-0.25, -0.2) is 0 Å². The van der Waals surface area contributed by atoms with Crippen LogP contribution in [0.5, 0.6) is 0 Å². The first-order chi connectivity index (χ1) is 10.2. The Kier molecular flexibility index (Phi) is 2.14. The number of amides is 3. The quantitative estimate of drug-likeness (QED) is 0.580. The van der Waals surface area contributed by atoms with Crippen molar-refractivity contribution in [2.75, 3.05) is 5.73 Å². The van der Waals surface area contributed by atoms with Gasteiger partial charge < -0.3 is 11.1 Å². The molecule has 0 bridgehead atoms. The Morgan fingerprint density at radius 3 is 2.75 bits per heavy atom. The molecule has 1 aromatic rings. The first-order valence-electron chi connectivity index (χ1n) is 6.99. The molecule has 0 aliphatic carbocycles. The lowest BCUT2D eigenvalue weighted by Crippen LogP contribution is -2.51. The molecule has 2 heterocycles. The number of hydrogen-bond acceptors (Lipinski definition) is 4. The van der Waals surface area contributed by atoms with Crippen molar-refractivity contribution in [2.24, 2.45) is 0 Å². The number of fused-ring (bicyclic) bond motifs is 1. The summed E-state index contributed by atoms with van der Waals surface area (Å²) in [6, 6.07) is 2.89. The topological polar surface area (TPSA) is 92.5 Å². The molecule has 0 saturated carbocycles. The molecule has 6 heteroatoms. The van der Waals surface area contributed by atoms with Crippen molar-refractivity contribution in [3.8, 4) is 0 Å². The third-order valence-corrected chi connectivity index (χ3v) is 3.29. The number of hydrogen-bond donors (Lipinski definition) is 2. The Labute approximate surface area is 118 Å². The average molecular weight is 273 g/mol. The van der Waals surface area contributed by atoms with Crippen LogP contribution in [0.25, 0.3) is 0 Å². The second kappa shape index (κ2) is 4.19. The van der Waals surface area contributed by atoms with Gasteiger partial charge in [-0.3, -0.25) is 19.3 Å². The zero-order valence-electron chi connectivity index (χ0n) is 12.5. The summed E-state index contributed by atoms with van der Waals surface area (Å²) in [4.78, 5) is 37.8. The van der Waals surface area contributed by atoms with Crippen LogP contribution in [0, 0.1) is 0 Å². The second-order valence-electron chi connectivity index (χ2n) is 4.63. The second-order valence-corrected chi connectivity index (χ2v) is 4.63. The van der Waals surface area contributed by atoms with Gasteiger partial charge in [-0.15, -0.1) is 0 Å². The number of rotatable bonds is 1. The fourth-order valence-electron chi connectivity index (χ4n) is 2.37. The molecule has 0 unspecified atom stereocenters. The van der Waals surface area contributed by atoms with E-state index in [1.54, 1.807) is 0 Å². The predicted molar refractivity (Wildman–Crippen MR) is 71.7 cm³/mol. The van der Waals surface area contributed by atoms with Crippen LogP contribution < -0.4 is 11.1 Å². The normalized spacial score (nSPS) is 26.0. The minimum Gasteiger partial charge on any atom is -0.398 e. The maximum Gasteiger partial charge on any atom is 0.264 e. The Hall–Kier alpha value is -2.63. The highest BCUT2D eigenvalue weighted by Crippen LogP contribution is 2.31. The van der Waals surface area contributed by atoms with Gasteiger partial charge in [0.25, 0.3) is 11.8 Å². The third kappa shape index (κ3) is 1.61. The number of nitrogens with two attached hydrogens (primary N) is 1. The van der Waals surface area contributed by atoms with E-state index in [1.165, 1.54) is 18.2 Å². The number of nitrogens with zero attached hydrogens (tertiary/aromatic N) is 1. The van der Waals surface area contributed by atoms with Crippen molar-refractivity contribution < 1.29 is 17.1 Å². The molecule has 6 nitrogen and oxygen atoms in total. The van der Waals surface area contributed by atoms with Gasteiger partial charge in [0, 0.05) is 14.1 Å². The molecule has 2 aliphatic heterocycles. The number of nitrogen functional groups attached to an aromatic ring is 1. The molecule has 3 rings (SSSR count). The molecule has 20 heavy (non-hydrogen) atoms. The van der Waals surface area contributed by atoms with Crippen LogP contribution in [0.4, 0.5) is 5.69 Å². The van der Waals surface area contributed by atoms with E-state index in [1.807, 2.05) is 0 Å². The zero-order valence-corrected chi connectivity index (χ0v) is 10.5. The minimum absolute atomic E-state index is 0.0144.